The van der Waals surface area contributed by atoms with Gasteiger partial charge in [0.1, 0.15) is 6.04 Å². The van der Waals surface area contributed by atoms with Gasteiger partial charge in [-0.1, -0.05) is 0 Å². The molecule has 1 unspecified atom stereocenters. The molecule has 0 spiro atoms. The van der Waals surface area contributed by atoms with Crippen LogP contribution in [0.5, 0.6) is 5.88 Å². The summed E-state index contributed by atoms with van der Waals surface area (Å²) in [6, 6.07) is 1.33. The van der Waals surface area contributed by atoms with E-state index in [0.717, 1.165) is 5.69 Å². The first-order valence-electron chi connectivity index (χ1n) is 6.78. The van der Waals surface area contributed by atoms with Gasteiger partial charge in [0.15, 0.2) is 0 Å². The number of nitrogens with one attached hydrogen (secondary N) is 2. The van der Waals surface area contributed by atoms with Gasteiger partial charge >= 0.3 is 0 Å². The van der Waals surface area contributed by atoms with E-state index in [1.54, 1.807) is 13.0 Å². The minimum atomic E-state index is -0.425. The maximum Gasteiger partial charge on any atom is 0.242 e. The number of aromatic nitrogens is 2. The summed E-state index contributed by atoms with van der Waals surface area (Å²) in [5, 5.41) is 5.89. The zero-order chi connectivity index (χ0) is 15.3. The van der Waals surface area contributed by atoms with Crippen LogP contribution in [0.25, 0.3) is 0 Å². The van der Waals surface area contributed by atoms with E-state index in [9.17, 15) is 4.79 Å². The fourth-order valence-electron chi connectivity index (χ4n) is 1.56. The van der Waals surface area contributed by atoms with Gasteiger partial charge in [-0.2, -0.15) is 4.98 Å². The second-order valence-corrected chi connectivity index (χ2v) is 5.71. The first-order valence-corrected chi connectivity index (χ1v) is 6.78. The highest BCUT2D eigenvalue weighted by molar-refractivity contribution is 5.84. The average molecular weight is 280 g/mol. The van der Waals surface area contributed by atoms with E-state index in [4.69, 9.17) is 4.74 Å². The molecular weight excluding hydrogens is 256 g/mol. The molecule has 1 heterocycles. The van der Waals surface area contributed by atoms with Crippen molar-refractivity contribution in [3.63, 3.8) is 0 Å². The van der Waals surface area contributed by atoms with Gasteiger partial charge in [0, 0.05) is 17.3 Å². The predicted octanol–water partition coefficient (Wildman–Crippen LogP) is 1.90. The summed E-state index contributed by atoms with van der Waals surface area (Å²) in [5.41, 5.74) is 0.520. The lowest BCUT2D eigenvalue weighted by Crippen LogP contribution is -2.47. The molecular formula is C14H24N4O2. The van der Waals surface area contributed by atoms with Crippen LogP contribution in [0.2, 0.25) is 0 Å². The Hall–Kier alpha value is -1.85. The van der Waals surface area contributed by atoms with Crippen molar-refractivity contribution in [3.05, 3.63) is 11.8 Å². The van der Waals surface area contributed by atoms with Crippen molar-refractivity contribution in [1.29, 1.82) is 0 Å². The normalized spacial score (nSPS) is 12.7. The summed E-state index contributed by atoms with van der Waals surface area (Å²) in [6.07, 6.45) is 0. The van der Waals surface area contributed by atoms with Crippen molar-refractivity contribution >= 4 is 11.9 Å². The van der Waals surface area contributed by atoms with Gasteiger partial charge in [0.2, 0.25) is 17.7 Å². The Morgan fingerprint density at radius 3 is 2.60 bits per heavy atom. The van der Waals surface area contributed by atoms with Crippen molar-refractivity contribution in [2.45, 2.75) is 53.1 Å². The van der Waals surface area contributed by atoms with Gasteiger partial charge in [-0.3, -0.25) is 4.79 Å². The van der Waals surface area contributed by atoms with E-state index in [1.165, 1.54) is 0 Å². The first kappa shape index (κ1) is 16.2. The van der Waals surface area contributed by atoms with Crippen LogP contribution in [0.4, 0.5) is 5.95 Å². The highest BCUT2D eigenvalue weighted by Crippen LogP contribution is 2.12. The fourth-order valence-corrected chi connectivity index (χ4v) is 1.56. The third-order valence-electron chi connectivity index (χ3n) is 2.36. The molecule has 0 aliphatic carbocycles. The second kappa shape index (κ2) is 6.54. The molecule has 0 radical (unpaired) electrons. The SMILES string of the molecule is CCOc1cc(C)nc(NC(C)C(=O)NC(C)(C)C)n1. The van der Waals surface area contributed by atoms with Gasteiger partial charge in [-0.25, -0.2) is 4.98 Å². The topological polar surface area (TPSA) is 76.1 Å². The maximum absolute atomic E-state index is 12.0. The lowest BCUT2D eigenvalue weighted by atomic mass is 10.1. The molecule has 1 atom stereocenters. The molecule has 0 fully saturated rings. The number of hydrogen-bond donors (Lipinski definition) is 2. The minimum absolute atomic E-state index is 0.0967. The Morgan fingerprint density at radius 1 is 1.40 bits per heavy atom. The number of hydrogen-bond acceptors (Lipinski definition) is 5. The molecule has 0 saturated heterocycles. The standard InChI is InChI=1S/C14H24N4O2/c1-7-20-11-8-9(2)15-13(17-11)16-10(3)12(19)18-14(4,5)6/h8,10H,7H2,1-6H3,(H,18,19)(H,15,16,17). The third-order valence-corrected chi connectivity index (χ3v) is 2.36. The zero-order valence-electron chi connectivity index (χ0n) is 13.1. The van der Waals surface area contributed by atoms with Crippen LogP contribution in [0.1, 0.15) is 40.3 Å². The average Bonchev–Trinajstić information content (AvgIpc) is 2.26. The van der Waals surface area contributed by atoms with E-state index in [2.05, 4.69) is 20.6 Å². The van der Waals surface area contributed by atoms with Gasteiger partial charge < -0.3 is 15.4 Å². The Balaban J connectivity index is 2.74. The van der Waals surface area contributed by atoms with Crippen LogP contribution in [0.3, 0.4) is 0 Å². The van der Waals surface area contributed by atoms with Gasteiger partial charge in [0.25, 0.3) is 0 Å². The van der Waals surface area contributed by atoms with Crippen molar-refractivity contribution in [2.75, 3.05) is 11.9 Å². The van der Waals surface area contributed by atoms with Gasteiger partial charge in [-0.05, 0) is 41.5 Å². The number of anilines is 1. The quantitative estimate of drug-likeness (QED) is 0.861. The Bertz CT molecular complexity index is 469. The van der Waals surface area contributed by atoms with Crippen LogP contribution in [-0.2, 0) is 4.79 Å². The largest absolute Gasteiger partial charge is 0.478 e. The maximum atomic E-state index is 12.0. The van der Waals surface area contributed by atoms with E-state index < -0.39 is 6.04 Å². The highest BCUT2D eigenvalue weighted by atomic mass is 16.5. The van der Waals surface area contributed by atoms with E-state index in [0.29, 0.717) is 18.4 Å². The van der Waals surface area contributed by atoms with Crippen LogP contribution in [-0.4, -0.2) is 34.1 Å². The summed E-state index contributed by atoms with van der Waals surface area (Å²) in [5.74, 6) is 0.802. The molecule has 0 aliphatic rings. The molecule has 6 nitrogen and oxygen atoms in total. The summed E-state index contributed by atoms with van der Waals surface area (Å²) >= 11 is 0. The zero-order valence-corrected chi connectivity index (χ0v) is 13.1. The molecule has 0 aliphatic heterocycles. The molecule has 2 N–H and O–H groups in total. The summed E-state index contributed by atoms with van der Waals surface area (Å²) in [7, 11) is 0. The number of amides is 1. The van der Waals surface area contributed by atoms with Crippen molar-refractivity contribution < 1.29 is 9.53 Å². The second-order valence-electron chi connectivity index (χ2n) is 5.71. The lowest BCUT2D eigenvalue weighted by molar-refractivity contribution is -0.122. The molecule has 6 heteroatoms. The summed E-state index contributed by atoms with van der Waals surface area (Å²) in [6.45, 7) is 11.9. The van der Waals surface area contributed by atoms with Crippen molar-refractivity contribution in [2.24, 2.45) is 0 Å². The number of carbonyl (C=O) groups is 1. The highest BCUT2D eigenvalue weighted by Gasteiger charge is 2.20. The Kier molecular flexibility index (Phi) is 5.30. The number of ether oxygens (including phenoxy) is 1. The van der Waals surface area contributed by atoms with E-state index in [1.807, 2.05) is 34.6 Å². The minimum Gasteiger partial charge on any atom is -0.478 e. The fraction of sp³-hybridized carbons (Fsp3) is 0.643. The monoisotopic (exact) mass is 280 g/mol. The Labute approximate surface area is 120 Å². The number of aryl methyl sites for hydroxylation is 1. The third kappa shape index (κ3) is 5.42. The van der Waals surface area contributed by atoms with Crippen LogP contribution >= 0.6 is 0 Å². The molecule has 112 valence electrons. The molecule has 0 saturated carbocycles. The van der Waals surface area contributed by atoms with Crippen LogP contribution in [0, 0.1) is 6.92 Å². The number of carbonyl (C=O) groups excluding carboxylic acids is 1. The van der Waals surface area contributed by atoms with E-state index in [-0.39, 0.29) is 11.4 Å². The molecule has 1 amide bonds. The Morgan fingerprint density at radius 2 is 2.05 bits per heavy atom. The first-order chi connectivity index (χ1) is 9.21. The lowest BCUT2D eigenvalue weighted by Gasteiger charge is -2.23. The molecule has 20 heavy (non-hydrogen) atoms. The number of rotatable bonds is 5. The van der Waals surface area contributed by atoms with Crippen LogP contribution in [0.15, 0.2) is 6.07 Å². The summed E-state index contributed by atoms with van der Waals surface area (Å²) in [4.78, 5) is 20.5. The molecule has 1 aromatic rings. The van der Waals surface area contributed by atoms with Crippen LogP contribution < -0.4 is 15.4 Å². The number of nitrogens with zero attached hydrogens (tertiary/aromatic N) is 2. The van der Waals surface area contributed by atoms with Crippen molar-refractivity contribution in [1.82, 2.24) is 15.3 Å². The smallest absolute Gasteiger partial charge is 0.242 e. The molecule has 0 bridgehead atoms. The van der Waals surface area contributed by atoms with Crippen molar-refractivity contribution in [3.8, 4) is 5.88 Å². The van der Waals surface area contributed by atoms with E-state index >= 15 is 0 Å². The van der Waals surface area contributed by atoms with Gasteiger partial charge in [-0.15, -0.1) is 0 Å². The molecule has 1 aromatic heterocycles. The van der Waals surface area contributed by atoms with Gasteiger partial charge in [0.05, 0.1) is 6.61 Å². The predicted molar refractivity (Wildman–Crippen MR) is 78.9 cm³/mol. The summed E-state index contributed by atoms with van der Waals surface area (Å²) < 4.78 is 5.36. The molecule has 1 rings (SSSR count). The molecule has 0 aromatic carbocycles.